The Kier molecular flexibility index (Phi) is 5.41. The number of carbonyl (C=O) groups excluding carboxylic acids is 2. The van der Waals surface area contributed by atoms with Crippen LogP contribution in [0.4, 0.5) is 5.69 Å². The van der Waals surface area contributed by atoms with Gasteiger partial charge in [0.25, 0.3) is 11.7 Å². The number of Topliss-reactive ketones (excluding diaryl/α,β-unsaturated/α-hetero) is 1. The van der Waals surface area contributed by atoms with Crippen molar-refractivity contribution in [2.24, 2.45) is 0 Å². The number of carbonyl (C=O) groups is 2. The van der Waals surface area contributed by atoms with Crippen LogP contribution in [0.3, 0.4) is 0 Å². The highest BCUT2D eigenvalue weighted by atomic mass is 16.5. The van der Waals surface area contributed by atoms with Gasteiger partial charge in [0.15, 0.2) is 0 Å². The van der Waals surface area contributed by atoms with E-state index in [1.807, 2.05) is 0 Å². The van der Waals surface area contributed by atoms with Crippen LogP contribution in [0.1, 0.15) is 17.3 Å². The third-order valence-corrected chi connectivity index (χ3v) is 5.11. The molecule has 1 aliphatic heterocycles. The van der Waals surface area contributed by atoms with Crippen molar-refractivity contribution in [3.05, 3.63) is 89.8 Å². The maximum Gasteiger partial charge on any atom is 0.300 e. The van der Waals surface area contributed by atoms with Gasteiger partial charge in [-0.15, -0.1) is 0 Å². The first kappa shape index (κ1) is 20.2. The second-order valence-corrected chi connectivity index (χ2v) is 6.85. The number of aliphatic hydroxyl groups excluding tert-OH is 1. The van der Waals surface area contributed by atoms with Crippen molar-refractivity contribution in [1.29, 1.82) is 0 Å². The number of anilines is 1. The van der Waals surface area contributed by atoms with Gasteiger partial charge in [-0.3, -0.25) is 19.5 Å². The minimum atomic E-state index is -0.893. The zero-order chi connectivity index (χ0) is 22.0. The number of methoxy groups -OCH3 is 2. The third-order valence-electron chi connectivity index (χ3n) is 5.11. The number of pyridine rings is 1. The lowest BCUT2D eigenvalue weighted by Crippen LogP contribution is -2.29. The molecule has 2 heterocycles. The molecule has 1 atom stereocenters. The molecule has 0 spiro atoms. The first-order valence-electron chi connectivity index (χ1n) is 9.55. The molecule has 0 aliphatic carbocycles. The fourth-order valence-electron chi connectivity index (χ4n) is 3.58. The van der Waals surface area contributed by atoms with Crippen molar-refractivity contribution in [2.75, 3.05) is 19.1 Å². The molecule has 1 saturated heterocycles. The molecule has 1 fully saturated rings. The number of hydrogen-bond donors (Lipinski definition) is 1. The van der Waals surface area contributed by atoms with Crippen LogP contribution in [0.5, 0.6) is 11.5 Å². The van der Waals surface area contributed by atoms with E-state index < -0.39 is 17.7 Å². The van der Waals surface area contributed by atoms with E-state index in [4.69, 9.17) is 9.47 Å². The average Bonchev–Trinajstić information content (AvgIpc) is 3.09. The topological polar surface area (TPSA) is 89.0 Å². The molecule has 1 unspecified atom stereocenters. The predicted octanol–water partition coefficient (Wildman–Crippen LogP) is 3.73. The van der Waals surface area contributed by atoms with Crippen LogP contribution in [0.25, 0.3) is 5.76 Å². The number of ether oxygens (including phenoxy) is 2. The Bertz CT molecular complexity index is 1160. The molecule has 31 heavy (non-hydrogen) atoms. The van der Waals surface area contributed by atoms with Gasteiger partial charge >= 0.3 is 0 Å². The van der Waals surface area contributed by atoms with Gasteiger partial charge in [0.2, 0.25) is 0 Å². The van der Waals surface area contributed by atoms with Crippen LogP contribution < -0.4 is 14.4 Å². The van der Waals surface area contributed by atoms with Crippen molar-refractivity contribution >= 4 is 23.1 Å². The van der Waals surface area contributed by atoms with Gasteiger partial charge in [-0.25, -0.2) is 0 Å². The quantitative estimate of drug-likeness (QED) is 0.387. The van der Waals surface area contributed by atoms with E-state index in [-0.39, 0.29) is 11.3 Å². The number of nitrogens with zero attached hydrogens (tertiary/aromatic N) is 2. The van der Waals surface area contributed by atoms with Gasteiger partial charge in [-0.1, -0.05) is 12.1 Å². The number of benzene rings is 2. The van der Waals surface area contributed by atoms with Crippen molar-refractivity contribution in [1.82, 2.24) is 4.98 Å². The molecule has 1 aromatic heterocycles. The Balaban J connectivity index is 1.91. The number of rotatable bonds is 5. The lowest BCUT2D eigenvalue weighted by molar-refractivity contribution is -0.132. The molecule has 7 nitrogen and oxygen atoms in total. The molecule has 0 bridgehead atoms. The molecule has 4 rings (SSSR count). The van der Waals surface area contributed by atoms with Crippen LogP contribution in [0.15, 0.2) is 78.5 Å². The predicted molar refractivity (Wildman–Crippen MR) is 115 cm³/mol. The Hall–Kier alpha value is -4.13. The van der Waals surface area contributed by atoms with Crippen molar-refractivity contribution < 1.29 is 24.2 Å². The molecule has 2 aromatic carbocycles. The second kappa shape index (κ2) is 8.31. The standard InChI is InChI=1S/C24H20N2O5/c1-30-17-11-9-15(10-12-17)22(27)20-21(19-8-3-4-13-25-19)26(24(29)23(20)28)16-6-5-7-18(14-16)31-2/h3-14,21,27H,1-2H3/b22-20+. The summed E-state index contributed by atoms with van der Waals surface area (Å²) in [7, 11) is 3.06. The SMILES string of the molecule is COc1ccc(/C(O)=C2\C(=O)C(=O)N(c3cccc(OC)c3)C2c2ccccn2)cc1. The largest absolute Gasteiger partial charge is 0.507 e. The summed E-state index contributed by atoms with van der Waals surface area (Å²) in [6.45, 7) is 0. The molecule has 1 amide bonds. The van der Waals surface area contributed by atoms with E-state index in [0.29, 0.717) is 28.4 Å². The van der Waals surface area contributed by atoms with Gasteiger partial charge in [0, 0.05) is 23.5 Å². The zero-order valence-electron chi connectivity index (χ0n) is 17.0. The molecule has 0 radical (unpaired) electrons. The maximum absolute atomic E-state index is 13.1. The van der Waals surface area contributed by atoms with Gasteiger partial charge in [0.1, 0.15) is 23.3 Å². The van der Waals surface area contributed by atoms with Crippen molar-refractivity contribution in [3.8, 4) is 11.5 Å². The van der Waals surface area contributed by atoms with Gasteiger partial charge in [-0.05, 0) is 48.5 Å². The number of hydrogen-bond acceptors (Lipinski definition) is 6. The summed E-state index contributed by atoms with van der Waals surface area (Å²) in [4.78, 5) is 31.8. The molecule has 1 N–H and O–H groups in total. The summed E-state index contributed by atoms with van der Waals surface area (Å²) in [6, 6.07) is 17.8. The Labute approximate surface area is 179 Å². The molecular formula is C24H20N2O5. The Morgan fingerprint density at radius 1 is 0.935 bits per heavy atom. The van der Waals surface area contributed by atoms with Crippen molar-refractivity contribution in [3.63, 3.8) is 0 Å². The van der Waals surface area contributed by atoms with Crippen LogP contribution >= 0.6 is 0 Å². The zero-order valence-corrected chi connectivity index (χ0v) is 17.0. The van der Waals surface area contributed by atoms with Crippen molar-refractivity contribution in [2.45, 2.75) is 6.04 Å². The van der Waals surface area contributed by atoms with E-state index in [1.165, 1.54) is 19.1 Å². The van der Waals surface area contributed by atoms with Crippen LogP contribution in [-0.4, -0.2) is 36.0 Å². The van der Waals surface area contributed by atoms with E-state index in [2.05, 4.69) is 4.98 Å². The summed E-state index contributed by atoms with van der Waals surface area (Å²) in [6.07, 6.45) is 1.58. The number of amides is 1. The highest BCUT2D eigenvalue weighted by Crippen LogP contribution is 2.42. The summed E-state index contributed by atoms with van der Waals surface area (Å²) in [5.41, 5.74) is 1.28. The minimum absolute atomic E-state index is 0.0308. The molecule has 0 saturated carbocycles. The first-order chi connectivity index (χ1) is 15.0. The van der Waals surface area contributed by atoms with Gasteiger partial charge in [-0.2, -0.15) is 0 Å². The fourth-order valence-corrected chi connectivity index (χ4v) is 3.58. The number of ketones is 1. The van der Waals surface area contributed by atoms with Gasteiger partial charge < -0.3 is 14.6 Å². The van der Waals surface area contributed by atoms with Gasteiger partial charge in [0.05, 0.1) is 25.5 Å². The summed E-state index contributed by atoms with van der Waals surface area (Å²) < 4.78 is 10.4. The Morgan fingerprint density at radius 2 is 1.68 bits per heavy atom. The second-order valence-electron chi connectivity index (χ2n) is 6.85. The lowest BCUT2D eigenvalue weighted by Gasteiger charge is -2.24. The molecule has 156 valence electrons. The third kappa shape index (κ3) is 3.61. The Morgan fingerprint density at radius 3 is 2.32 bits per heavy atom. The number of aliphatic hydroxyl groups is 1. The minimum Gasteiger partial charge on any atom is -0.507 e. The number of aromatic nitrogens is 1. The van der Waals surface area contributed by atoms with E-state index in [1.54, 1.807) is 72.9 Å². The fraction of sp³-hybridized carbons (Fsp3) is 0.125. The molecular weight excluding hydrogens is 396 g/mol. The monoisotopic (exact) mass is 416 g/mol. The average molecular weight is 416 g/mol. The van der Waals surface area contributed by atoms with Crippen LogP contribution in [0.2, 0.25) is 0 Å². The smallest absolute Gasteiger partial charge is 0.300 e. The van der Waals surface area contributed by atoms with E-state index in [9.17, 15) is 14.7 Å². The van der Waals surface area contributed by atoms with Crippen LogP contribution in [-0.2, 0) is 9.59 Å². The summed E-state index contributed by atoms with van der Waals surface area (Å²) in [5, 5.41) is 11.1. The van der Waals surface area contributed by atoms with E-state index in [0.717, 1.165) is 0 Å². The van der Waals surface area contributed by atoms with E-state index >= 15 is 0 Å². The highest BCUT2D eigenvalue weighted by molar-refractivity contribution is 6.51. The first-order valence-corrected chi connectivity index (χ1v) is 9.55. The highest BCUT2D eigenvalue weighted by Gasteiger charge is 2.47. The maximum atomic E-state index is 13.1. The normalized spacial score (nSPS) is 17.6. The summed E-state index contributed by atoms with van der Waals surface area (Å²) >= 11 is 0. The summed E-state index contributed by atoms with van der Waals surface area (Å²) in [5.74, 6) is -0.670. The molecule has 3 aromatic rings. The van der Waals surface area contributed by atoms with Crippen LogP contribution in [0, 0.1) is 0 Å². The molecule has 7 heteroatoms. The lowest BCUT2D eigenvalue weighted by atomic mass is 9.98. The molecule has 1 aliphatic rings.